The molecule has 1 aliphatic rings. The molecule has 1 rings (SSSR count). The van der Waals surface area contributed by atoms with Gasteiger partial charge < -0.3 is 10.6 Å². The number of nitrogens with one attached hydrogen (secondary N) is 2. The Balaban J connectivity index is 2.21. The normalized spacial score (nSPS) is 25.1. The third-order valence-corrected chi connectivity index (χ3v) is 3.85. The molecular weight excluding hydrogens is 208 g/mol. The Bertz CT molecular complexity index is 221. The van der Waals surface area contributed by atoms with Gasteiger partial charge in [0.2, 0.25) is 5.91 Å². The summed E-state index contributed by atoms with van der Waals surface area (Å²) in [5.74, 6) is 0.0998. The minimum Gasteiger partial charge on any atom is -0.351 e. The second-order valence-corrected chi connectivity index (χ2v) is 4.88. The zero-order valence-electron chi connectivity index (χ0n) is 9.29. The van der Waals surface area contributed by atoms with Gasteiger partial charge in [-0.2, -0.15) is 11.8 Å². The van der Waals surface area contributed by atoms with Gasteiger partial charge in [0.15, 0.2) is 0 Å². The Kier molecular flexibility index (Phi) is 5.79. The van der Waals surface area contributed by atoms with Crippen molar-refractivity contribution in [3.8, 4) is 0 Å². The highest BCUT2D eigenvalue weighted by Gasteiger charge is 2.27. The Morgan fingerprint density at radius 1 is 1.60 bits per heavy atom. The number of carbonyl (C=O) groups excluding carboxylic acids is 1. The Morgan fingerprint density at radius 3 is 3.07 bits per heavy atom. The third kappa shape index (κ3) is 4.26. The summed E-state index contributed by atoms with van der Waals surface area (Å²) in [5, 5.41) is 6.69. The maximum absolute atomic E-state index is 11.5. The Hall–Kier alpha value is -0.480. The molecule has 1 aliphatic carbocycles. The van der Waals surface area contributed by atoms with Gasteiger partial charge in [0.25, 0.3) is 0 Å². The zero-order valence-corrected chi connectivity index (χ0v) is 10.1. The van der Waals surface area contributed by atoms with Crippen LogP contribution in [0.15, 0.2) is 12.7 Å². The van der Waals surface area contributed by atoms with Crippen molar-refractivity contribution in [2.75, 3.05) is 19.3 Å². The molecule has 0 aromatic rings. The zero-order chi connectivity index (χ0) is 11.1. The maximum atomic E-state index is 11.5. The smallest absolute Gasteiger partial charge is 0.234 e. The van der Waals surface area contributed by atoms with Crippen molar-refractivity contribution >= 4 is 17.7 Å². The quantitative estimate of drug-likeness (QED) is 0.529. The van der Waals surface area contributed by atoms with Crippen molar-refractivity contribution in [2.45, 2.75) is 30.6 Å². The van der Waals surface area contributed by atoms with Gasteiger partial charge in [-0.05, 0) is 19.1 Å². The van der Waals surface area contributed by atoms with Crippen LogP contribution < -0.4 is 10.6 Å². The van der Waals surface area contributed by atoms with E-state index in [9.17, 15) is 4.79 Å². The van der Waals surface area contributed by atoms with Crippen molar-refractivity contribution in [1.29, 1.82) is 0 Å². The Morgan fingerprint density at radius 2 is 2.40 bits per heavy atom. The summed E-state index contributed by atoms with van der Waals surface area (Å²) < 4.78 is 0. The van der Waals surface area contributed by atoms with Gasteiger partial charge in [0.05, 0.1) is 6.54 Å². The lowest BCUT2D eigenvalue weighted by Gasteiger charge is -2.19. The molecule has 15 heavy (non-hydrogen) atoms. The number of thioether (sulfide) groups is 1. The molecule has 2 N–H and O–H groups in total. The molecule has 0 saturated heterocycles. The third-order valence-electron chi connectivity index (χ3n) is 2.68. The topological polar surface area (TPSA) is 41.1 Å². The van der Waals surface area contributed by atoms with Gasteiger partial charge in [0, 0.05) is 17.8 Å². The van der Waals surface area contributed by atoms with Crippen LogP contribution >= 0.6 is 11.8 Å². The minimum absolute atomic E-state index is 0.0998. The molecule has 0 radical (unpaired) electrons. The van der Waals surface area contributed by atoms with Crippen LogP contribution in [0.4, 0.5) is 0 Å². The first kappa shape index (κ1) is 12.6. The number of carbonyl (C=O) groups is 1. The molecular formula is C11H20N2OS. The van der Waals surface area contributed by atoms with Crippen LogP contribution in [-0.2, 0) is 4.79 Å². The van der Waals surface area contributed by atoms with Crippen LogP contribution in [0.5, 0.6) is 0 Å². The maximum Gasteiger partial charge on any atom is 0.234 e. The fourth-order valence-electron chi connectivity index (χ4n) is 1.92. The van der Waals surface area contributed by atoms with Gasteiger partial charge >= 0.3 is 0 Å². The van der Waals surface area contributed by atoms with Crippen molar-refractivity contribution in [2.24, 2.45) is 0 Å². The summed E-state index contributed by atoms with van der Waals surface area (Å²) >= 11 is 1.86. The molecule has 0 heterocycles. The van der Waals surface area contributed by atoms with E-state index in [-0.39, 0.29) is 5.91 Å². The molecule has 86 valence electrons. The van der Waals surface area contributed by atoms with E-state index in [1.165, 1.54) is 12.8 Å². The van der Waals surface area contributed by atoms with Crippen molar-refractivity contribution < 1.29 is 4.79 Å². The lowest BCUT2D eigenvalue weighted by atomic mass is 10.2. The second kappa shape index (κ2) is 6.90. The van der Waals surface area contributed by atoms with Crippen LogP contribution in [0, 0.1) is 0 Å². The molecule has 0 aromatic carbocycles. The Labute approximate surface area is 96.1 Å². The number of amides is 1. The van der Waals surface area contributed by atoms with Crippen LogP contribution in [0.2, 0.25) is 0 Å². The highest BCUT2D eigenvalue weighted by Crippen LogP contribution is 2.28. The molecule has 0 spiro atoms. The molecule has 1 saturated carbocycles. The van der Waals surface area contributed by atoms with E-state index in [2.05, 4.69) is 23.5 Å². The van der Waals surface area contributed by atoms with Crippen LogP contribution in [0.3, 0.4) is 0 Å². The molecule has 1 fully saturated rings. The van der Waals surface area contributed by atoms with Crippen LogP contribution in [-0.4, -0.2) is 36.5 Å². The number of hydrogen-bond acceptors (Lipinski definition) is 3. The lowest BCUT2D eigenvalue weighted by molar-refractivity contribution is -0.120. The van der Waals surface area contributed by atoms with E-state index in [1.54, 1.807) is 6.08 Å². The molecule has 0 aromatic heterocycles. The van der Waals surface area contributed by atoms with Gasteiger partial charge in [0.1, 0.15) is 0 Å². The molecule has 3 nitrogen and oxygen atoms in total. The van der Waals surface area contributed by atoms with Crippen LogP contribution in [0.25, 0.3) is 0 Å². The highest BCUT2D eigenvalue weighted by atomic mass is 32.2. The molecule has 1 amide bonds. The molecule has 0 aliphatic heterocycles. The second-order valence-electron chi connectivity index (χ2n) is 3.80. The van der Waals surface area contributed by atoms with Crippen molar-refractivity contribution in [3.05, 3.63) is 12.7 Å². The summed E-state index contributed by atoms with van der Waals surface area (Å²) in [4.78, 5) is 11.5. The SMILES string of the molecule is C=CCNCC(=O)NC1CCCC1SC. The first-order valence-electron chi connectivity index (χ1n) is 5.41. The molecule has 0 bridgehead atoms. The van der Waals surface area contributed by atoms with Crippen molar-refractivity contribution in [3.63, 3.8) is 0 Å². The van der Waals surface area contributed by atoms with E-state index in [0.717, 1.165) is 6.42 Å². The average Bonchev–Trinajstić information content (AvgIpc) is 2.65. The van der Waals surface area contributed by atoms with E-state index >= 15 is 0 Å². The molecule has 4 heteroatoms. The van der Waals surface area contributed by atoms with E-state index in [1.807, 2.05) is 11.8 Å². The van der Waals surface area contributed by atoms with Crippen LogP contribution in [0.1, 0.15) is 19.3 Å². The van der Waals surface area contributed by atoms with E-state index < -0.39 is 0 Å². The average molecular weight is 228 g/mol. The summed E-state index contributed by atoms with van der Waals surface area (Å²) in [6.45, 7) is 4.67. The first-order chi connectivity index (χ1) is 7.27. The highest BCUT2D eigenvalue weighted by molar-refractivity contribution is 7.99. The predicted molar refractivity (Wildman–Crippen MR) is 66.2 cm³/mol. The van der Waals surface area contributed by atoms with Crippen molar-refractivity contribution in [1.82, 2.24) is 10.6 Å². The fourth-order valence-corrected chi connectivity index (χ4v) is 2.85. The lowest BCUT2D eigenvalue weighted by Crippen LogP contribution is -2.43. The standard InChI is InChI=1S/C11H20N2OS/c1-3-7-12-8-11(14)13-9-5-4-6-10(9)15-2/h3,9-10,12H,1,4-8H2,2H3,(H,13,14). The fraction of sp³-hybridized carbons (Fsp3) is 0.727. The summed E-state index contributed by atoms with van der Waals surface area (Å²) in [6.07, 6.45) is 7.46. The largest absolute Gasteiger partial charge is 0.351 e. The predicted octanol–water partition coefficient (Wildman–Crippen LogP) is 1.16. The monoisotopic (exact) mass is 228 g/mol. The van der Waals surface area contributed by atoms with E-state index in [4.69, 9.17) is 0 Å². The van der Waals surface area contributed by atoms with E-state index in [0.29, 0.717) is 24.4 Å². The van der Waals surface area contributed by atoms with Gasteiger partial charge in [-0.3, -0.25) is 4.79 Å². The molecule has 2 atom stereocenters. The number of rotatable bonds is 6. The van der Waals surface area contributed by atoms with Gasteiger partial charge in [-0.1, -0.05) is 12.5 Å². The van der Waals surface area contributed by atoms with Gasteiger partial charge in [-0.15, -0.1) is 6.58 Å². The summed E-state index contributed by atoms with van der Waals surface area (Å²) in [6, 6.07) is 0.373. The summed E-state index contributed by atoms with van der Waals surface area (Å²) in [5.41, 5.74) is 0. The number of hydrogen-bond donors (Lipinski definition) is 2. The van der Waals surface area contributed by atoms with Gasteiger partial charge in [-0.25, -0.2) is 0 Å². The first-order valence-corrected chi connectivity index (χ1v) is 6.70. The molecule has 2 unspecified atom stereocenters. The summed E-state index contributed by atoms with van der Waals surface area (Å²) in [7, 11) is 0. The minimum atomic E-state index is 0.0998.